The second kappa shape index (κ2) is 8.20. The van der Waals surface area contributed by atoms with Crippen LogP contribution in [0.3, 0.4) is 0 Å². The molecule has 1 aromatic rings. The van der Waals surface area contributed by atoms with Gasteiger partial charge in [-0.1, -0.05) is 13.8 Å². The second-order valence-corrected chi connectivity index (χ2v) is 7.90. The monoisotopic (exact) mass is 362 g/mol. The lowest BCUT2D eigenvalue weighted by Gasteiger charge is -2.40. The van der Waals surface area contributed by atoms with Gasteiger partial charge in [0.05, 0.1) is 30.4 Å². The van der Waals surface area contributed by atoms with E-state index in [2.05, 4.69) is 24.0 Å². The summed E-state index contributed by atoms with van der Waals surface area (Å²) in [5, 5.41) is 6.52. The quantitative estimate of drug-likeness (QED) is 0.870. The molecule has 0 aromatic carbocycles. The summed E-state index contributed by atoms with van der Waals surface area (Å²) in [5.74, 6) is 0.849. The summed E-state index contributed by atoms with van der Waals surface area (Å²) >= 11 is 0. The number of H-pyrrole nitrogens is 1. The molecule has 0 saturated carbocycles. The summed E-state index contributed by atoms with van der Waals surface area (Å²) in [6.45, 7) is 7.73. The van der Waals surface area contributed by atoms with Crippen molar-refractivity contribution in [2.24, 2.45) is 5.92 Å². The molecule has 0 aliphatic carbocycles. The number of amides is 2. The van der Waals surface area contributed by atoms with Gasteiger partial charge in [-0.05, 0) is 31.6 Å². The van der Waals surface area contributed by atoms with Gasteiger partial charge in [0.2, 0.25) is 5.91 Å². The smallest absolute Gasteiger partial charge is 0.257 e. The molecule has 2 aliphatic heterocycles. The minimum absolute atomic E-state index is 0.0103. The van der Waals surface area contributed by atoms with E-state index in [1.807, 2.05) is 9.80 Å². The highest BCUT2D eigenvalue weighted by Crippen LogP contribution is 2.33. The number of ether oxygens (including phenoxy) is 1. The van der Waals surface area contributed by atoms with Crippen LogP contribution >= 0.6 is 0 Å². The Morgan fingerprint density at radius 3 is 2.77 bits per heavy atom. The van der Waals surface area contributed by atoms with Crippen molar-refractivity contribution in [1.29, 1.82) is 0 Å². The molecule has 144 valence electrons. The highest BCUT2D eigenvalue weighted by Gasteiger charge is 2.41. The normalized spacial score (nSPS) is 20.7. The first-order valence-corrected chi connectivity index (χ1v) is 9.69. The number of piperidine rings is 1. The summed E-state index contributed by atoms with van der Waals surface area (Å²) in [6, 6.07) is 0. The Morgan fingerprint density at radius 2 is 2.12 bits per heavy atom. The van der Waals surface area contributed by atoms with Crippen molar-refractivity contribution in [3.8, 4) is 0 Å². The van der Waals surface area contributed by atoms with Crippen LogP contribution in [0.4, 0.5) is 0 Å². The molecular formula is C19H30N4O3. The summed E-state index contributed by atoms with van der Waals surface area (Å²) in [7, 11) is 0. The van der Waals surface area contributed by atoms with Gasteiger partial charge >= 0.3 is 0 Å². The number of carbonyl (C=O) groups excluding carboxylic acids is 2. The number of rotatable bonds is 5. The van der Waals surface area contributed by atoms with Crippen molar-refractivity contribution in [1.82, 2.24) is 20.0 Å². The molecule has 0 unspecified atom stereocenters. The third kappa shape index (κ3) is 4.44. The maximum absolute atomic E-state index is 12.7. The van der Waals surface area contributed by atoms with Gasteiger partial charge in [-0.3, -0.25) is 14.7 Å². The standard InChI is InChI=1S/C19H30N4O3/c1-15(2)4-3-7-22-10-11-26-19(12-17(22)24)5-8-23(9-6-19)18(25)16-13-20-21-14-16/h13-15H,3-12H2,1-2H3,(H,20,21). The van der Waals surface area contributed by atoms with Gasteiger partial charge in [0.15, 0.2) is 0 Å². The van der Waals surface area contributed by atoms with E-state index < -0.39 is 5.60 Å². The average Bonchev–Trinajstić information content (AvgIpc) is 3.10. The molecule has 26 heavy (non-hydrogen) atoms. The molecule has 7 nitrogen and oxygen atoms in total. The first kappa shape index (κ1) is 18.9. The number of carbonyl (C=O) groups is 2. The fourth-order valence-corrected chi connectivity index (χ4v) is 3.85. The number of likely N-dealkylation sites (tertiary alicyclic amines) is 1. The Balaban J connectivity index is 1.53. The molecule has 2 saturated heterocycles. The number of aromatic amines is 1. The van der Waals surface area contributed by atoms with Gasteiger partial charge in [0, 0.05) is 32.4 Å². The Morgan fingerprint density at radius 1 is 1.35 bits per heavy atom. The van der Waals surface area contributed by atoms with Crippen LogP contribution in [0.5, 0.6) is 0 Å². The number of hydrogen-bond acceptors (Lipinski definition) is 4. The van der Waals surface area contributed by atoms with Gasteiger partial charge < -0.3 is 14.5 Å². The summed E-state index contributed by atoms with van der Waals surface area (Å²) in [5.41, 5.74) is 0.173. The summed E-state index contributed by atoms with van der Waals surface area (Å²) < 4.78 is 6.16. The molecule has 3 heterocycles. The number of aromatic nitrogens is 2. The molecule has 1 aromatic heterocycles. The molecule has 2 aliphatic rings. The third-order valence-electron chi connectivity index (χ3n) is 5.51. The van der Waals surface area contributed by atoms with Crippen molar-refractivity contribution in [2.45, 2.75) is 51.6 Å². The predicted octanol–water partition coefficient (Wildman–Crippen LogP) is 2.07. The average molecular weight is 362 g/mol. The number of nitrogens with zero attached hydrogens (tertiary/aromatic N) is 3. The highest BCUT2D eigenvalue weighted by molar-refractivity contribution is 5.93. The summed E-state index contributed by atoms with van der Waals surface area (Å²) in [4.78, 5) is 28.9. The Kier molecular flexibility index (Phi) is 5.96. The molecule has 1 spiro atoms. The van der Waals surface area contributed by atoms with Crippen LogP contribution in [0.1, 0.15) is 56.3 Å². The Labute approximate surface area is 155 Å². The minimum Gasteiger partial charge on any atom is -0.372 e. The van der Waals surface area contributed by atoms with Crippen LogP contribution in [-0.2, 0) is 9.53 Å². The van der Waals surface area contributed by atoms with Crippen LogP contribution < -0.4 is 0 Å². The molecule has 3 rings (SSSR count). The van der Waals surface area contributed by atoms with Crippen molar-refractivity contribution >= 4 is 11.8 Å². The van der Waals surface area contributed by atoms with Crippen LogP contribution in [0.25, 0.3) is 0 Å². The van der Waals surface area contributed by atoms with Crippen molar-refractivity contribution < 1.29 is 14.3 Å². The zero-order chi connectivity index (χ0) is 18.6. The van der Waals surface area contributed by atoms with Crippen molar-refractivity contribution in [3.63, 3.8) is 0 Å². The first-order valence-electron chi connectivity index (χ1n) is 9.69. The maximum Gasteiger partial charge on any atom is 0.257 e. The zero-order valence-electron chi connectivity index (χ0n) is 15.9. The van der Waals surface area contributed by atoms with E-state index in [0.29, 0.717) is 57.0 Å². The van der Waals surface area contributed by atoms with E-state index in [4.69, 9.17) is 4.74 Å². The molecule has 2 amide bonds. The molecule has 2 fully saturated rings. The molecule has 0 radical (unpaired) electrons. The van der Waals surface area contributed by atoms with Crippen LogP contribution in [0.15, 0.2) is 12.4 Å². The van der Waals surface area contributed by atoms with Gasteiger partial charge in [0.1, 0.15) is 0 Å². The molecule has 0 atom stereocenters. The lowest BCUT2D eigenvalue weighted by Crippen LogP contribution is -2.49. The molecule has 0 bridgehead atoms. The van der Waals surface area contributed by atoms with Gasteiger partial charge in [0.25, 0.3) is 5.91 Å². The summed E-state index contributed by atoms with van der Waals surface area (Å²) in [6.07, 6.45) is 7.21. The van der Waals surface area contributed by atoms with E-state index >= 15 is 0 Å². The van der Waals surface area contributed by atoms with Gasteiger partial charge in [-0.25, -0.2) is 0 Å². The van der Waals surface area contributed by atoms with Gasteiger partial charge in [-0.15, -0.1) is 0 Å². The fourth-order valence-electron chi connectivity index (χ4n) is 3.85. The van der Waals surface area contributed by atoms with Crippen molar-refractivity contribution in [2.75, 3.05) is 32.8 Å². The van der Waals surface area contributed by atoms with E-state index in [1.54, 1.807) is 12.4 Å². The zero-order valence-corrected chi connectivity index (χ0v) is 15.9. The van der Waals surface area contributed by atoms with Crippen LogP contribution in [0, 0.1) is 5.92 Å². The Bertz CT molecular complexity index is 606. The lowest BCUT2D eigenvalue weighted by atomic mass is 9.87. The topological polar surface area (TPSA) is 78.5 Å². The molecular weight excluding hydrogens is 332 g/mol. The predicted molar refractivity (Wildman–Crippen MR) is 97.7 cm³/mol. The van der Waals surface area contributed by atoms with Crippen molar-refractivity contribution in [3.05, 3.63) is 18.0 Å². The number of hydrogen-bond donors (Lipinski definition) is 1. The van der Waals surface area contributed by atoms with Crippen LogP contribution in [0.2, 0.25) is 0 Å². The van der Waals surface area contributed by atoms with Crippen LogP contribution in [-0.4, -0.2) is 70.2 Å². The van der Waals surface area contributed by atoms with E-state index in [-0.39, 0.29) is 11.8 Å². The minimum atomic E-state index is -0.406. The molecule has 7 heteroatoms. The first-order chi connectivity index (χ1) is 12.5. The maximum atomic E-state index is 12.7. The third-order valence-corrected chi connectivity index (χ3v) is 5.51. The van der Waals surface area contributed by atoms with E-state index in [1.165, 1.54) is 0 Å². The van der Waals surface area contributed by atoms with Gasteiger partial charge in [-0.2, -0.15) is 5.10 Å². The van der Waals surface area contributed by atoms with E-state index in [0.717, 1.165) is 19.4 Å². The number of nitrogens with one attached hydrogen (secondary N) is 1. The largest absolute Gasteiger partial charge is 0.372 e. The Hall–Kier alpha value is -1.89. The molecule has 1 N–H and O–H groups in total. The SMILES string of the molecule is CC(C)CCCN1CCOC2(CCN(C(=O)c3cn[nH]c3)CC2)CC1=O. The second-order valence-electron chi connectivity index (χ2n) is 7.90. The highest BCUT2D eigenvalue weighted by atomic mass is 16.5. The fraction of sp³-hybridized carbons (Fsp3) is 0.737. The van der Waals surface area contributed by atoms with E-state index in [9.17, 15) is 9.59 Å². The lowest BCUT2D eigenvalue weighted by molar-refractivity contribution is -0.135.